The highest BCUT2D eigenvalue weighted by Gasteiger charge is 2.21. The van der Waals surface area contributed by atoms with Gasteiger partial charge in [-0.25, -0.2) is 0 Å². The molecule has 1 aromatic carbocycles. The maximum absolute atomic E-state index is 12.9. The maximum atomic E-state index is 12.9. The van der Waals surface area contributed by atoms with Crippen molar-refractivity contribution in [3.05, 3.63) is 38.6 Å². The van der Waals surface area contributed by atoms with E-state index < -0.39 is 5.97 Å². The number of aromatic nitrogens is 1. The molecule has 0 spiro atoms. The first-order valence-electron chi connectivity index (χ1n) is 7.41. The van der Waals surface area contributed by atoms with Gasteiger partial charge in [-0.3, -0.25) is 9.59 Å². The SMILES string of the molecule is COc1ccc(Cl)c2c(=O)c(CCC(=O)O)c(C)n(C(C)C)c12. The first-order valence-corrected chi connectivity index (χ1v) is 7.79. The van der Waals surface area contributed by atoms with Gasteiger partial charge in [0.25, 0.3) is 0 Å². The molecule has 1 heterocycles. The van der Waals surface area contributed by atoms with E-state index >= 15 is 0 Å². The Balaban J connectivity index is 2.94. The number of aliphatic carboxylic acids is 1. The summed E-state index contributed by atoms with van der Waals surface area (Å²) in [5.41, 5.74) is 1.67. The molecule has 0 unspecified atom stereocenters. The second-order valence-corrected chi connectivity index (χ2v) is 6.13. The largest absolute Gasteiger partial charge is 0.495 e. The lowest BCUT2D eigenvalue weighted by molar-refractivity contribution is -0.136. The minimum atomic E-state index is -0.934. The van der Waals surface area contributed by atoms with Crippen molar-refractivity contribution in [2.75, 3.05) is 7.11 Å². The molecule has 0 bridgehead atoms. The van der Waals surface area contributed by atoms with Gasteiger partial charge < -0.3 is 14.4 Å². The molecule has 0 aliphatic carbocycles. The third-order valence-electron chi connectivity index (χ3n) is 3.96. The number of carboxylic acids is 1. The van der Waals surface area contributed by atoms with Crippen molar-refractivity contribution >= 4 is 28.5 Å². The molecule has 23 heavy (non-hydrogen) atoms. The van der Waals surface area contributed by atoms with Crippen molar-refractivity contribution in [3.63, 3.8) is 0 Å². The third kappa shape index (κ3) is 3.06. The summed E-state index contributed by atoms with van der Waals surface area (Å²) in [5, 5.41) is 9.65. The number of pyridine rings is 1. The van der Waals surface area contributed by atoms with E-state index in [2.05, 4.69) is 0 Å². The number of halogens is 1. The molecule has 0 saturated carbocycles. The van der Waals surface area contributed by atoms with Gasteiger partial charge in [0.2, 0.25) is 0 Å². The molecule has 1 aromatic heterocycles. The fourth-order valence-electron chi connectivity index (χ4n) is 2.97. The summed E-state index contributed by atoms with van der Waals surface area (Å²) < 4.78 is 7.39. The number of nitrogens with zero attached hydrogens (tertiary/aromatic N) is 1. The highest BCUT2D eigenvalue weighted by atomic mass is 35.5. The zero-order valence-electron chi connectivity index (χ0n) is 13.6. The normalized spacial score (nSPS) is 11.2. The summed E-state index contributed by atoms with van der Waals surface area (Å²) in [6.07, 6.45) is 0.0808. The average Bonchev–Trinajstić information content (AvgIpc) is 2.46. The highest BCUT2D eigenvalue weighted by Crippen LogP contribution is 2.33. The van der Waals surface area contributed by atoms with E-state index in [-0.39, 0.29) is 24.3 Å². The van der Waals surface area contributed by atoms with Crippen LogP contribution in [-0.4, -0.2) is 22.8 Å². The van der Waals surface area contributed by atoms with Gasteiger partial charge in [-0.05, 0) is 39.3 Å². The molecule has 0 atom stereocenters. The number of methoxy groups -OCH3 is 1. The van der Waals surface area contributed by atoms with Gasteiger partial charge in [-0.15, -0.1) is 0 Å². The topological polar surface area (TPSA) is 68.5 Å². The fraction of sp³-hybridized carbons (Fsp3) is 0.412. The Hall–Kier alpha value is -2.01. The van der Waals surface area contributed by atoms with Crippen LogP contribution in [0.5, 0.6) is 5.75 Å². The van der Waals surface area contributed by atoms with E-state index in [1.807, 2.05) is 25.3 Å². The second-order valence-electron chi connectivity index (χ2n) is 5.72. The minimum Gasteiger partial charge on any atom is -0.495 e. The quantitative estimate of drug-likeness (QED) is 0.905. The van der Waals surface area contributed by atoms with Gasteiger partial charge in [0.05, 0.1) is 23.0 Å². The molecule has 1 N–H and O–H groups in total. The first kappa shape index (κ1) is 17.3. The first-order chi connectivity index (χ1) is 10.8. The monoisotopic (exact) mass is 337 g/mol. The fourth-order valence-corrected chi connectivity index (χ4v) is 3.21. The molecular weight excluding hydrogens is 318 g/mol. The highest BCUT2D eigenvalue weighted by molar-refractivity contribution is 6.35. The van der Waals surface area contributed by atoms with Gasteiger partial charge in [-0.1, -0.05) is 11.6 Å². The molecule has 2 aromatic rings. The molecule has 124 valence electrons. The lowest BCUT2D eigenvalue weighted by atomic mass is 10.0. The Labute approximate surface area is 139 Å². The predicted molar refractivity (Wildman–Crippen MR) is 90.8 cm³/mol. The molecule has 0 amide bonds. The lowest BCUT2D eigenvalue weighted by Gasteiger charge is -2.23. The Morgan fingerprint density at radius 2 is 2.04 bits per heavy atom. The summed E-state index contributed by atoms with van der Waals surface area (Å²) in [6, 6.07) is 3.43. The van der Waals surface area contributed by atoms with Gasteiger partial charge in [0.15, 0.2) is 5.43 Å². The van der Waals surface area contributed by atoms with Gasteiger partial charge in [0.1, 0.15) is 5.75 Å². The molecule has 5 nitrogen and oxygen atoms in total. The van der Waals surface area contributed by atoms with Crippen molar-refractivity contribution in [2.45, 2.75) is 39.7 Å². The smallest absolute Gasteiger partial charge is 0.303 e. The number of benzene rings is 1. The van der Waals surface area contributed by atoms with Crippen LogP contribution in [-0.2, 0) is 11.2 Å². The number of carboxylic acid groups (broad SMARTS) is 1. The van der Waals surface area contributed by atoms with E-state index in [1.165, 1.54) is 0 Å². The Morgan fingerprint density at radius 3 is 2.57 bits per heavy atom. The van der Waals surface area contributed by atoms with Crippen LogP contribution in [0.15, 0.2) is 16.9 Å². The Morgan fingerprint density at radius 1 is 1.39 bits per heavy atom. The van der Waals surface area contributed by atoms with E-state index in [4.69, 9.17) is 21.4 Å². The van der Waals surface area contributed by atoms with E-state index in [9.17, 15) is 9.59 Å². The molecule has 0 aliphatic rings. The van der Waals surface area contributed by atoms with Crippen molar-refractivity contribution in [1.29, 1.82) is 0 Å². The molecule has 0 aliphatic heterocycles. The Kier molecular flexibility index (Phi) is 5.00. The average molecular weight is 338 g/mol. The summed E-state index contributed by atoms with van der Waals surface area (Å²) in [7, 11) is 1.55. The lowest BCUT2D eigenvalue weighted by Crippen LogP contribution is -2.21. The number of hydrogen-bond donors (Lipinski definition) is 1. The van der Waals surface area contributed by atoms with Crippen LogP contribution >= 0.6 is 11.6 Å². The van der Waals surface area contributed by atoms with Crippen molar-refractivity contribution in [1.82, 2.24) is 4.57 Å². The second kappa shape index (κ2) is 6.62. The van der Waals surface area contributed by atoms with Gasteiger partial charge in [-0.2, -0.15) is 0 Å². The summed E-state index contributed by atoms with van der Waals surface area (Å²) in [5.74, 6) is -0.361. The summed E-state index contributed by atoms with van der Waals surface area (Å²) in [6.45, 7) is 5.83. The van der Waals surface area contributed by atoms with Crippen molar-refractivity contribution < 1.29 is 14.6 Å². The van der Waals surface area contributed by atoms with Crippen LogP contribution in [0.2, 0.25) is 5.02 Å². The van der Waals surface area contributed by atoms with E-state index in [0.717, 1.165) is 5.69 Å². The molecular formula is C17H20ClNO4. The molecule has 6 heteroatoms. The predicted octanol–water partition coefficient (Wildman–Crippen LogP) is 3.57. The number of hydrogen-bond acceptors (Lipinski definition) is 3. The third-order valence-corrected chi connectivity index (χ3v) is 4.27. The number of ether oxygens (including phenoxy) is 1. The van der Waals surface area contributed by atoms with Crippen molar-refractivity contribution in [2.24, 2.45) is 0 Å². The summed E-state index contributed by atoms with van der Waals surface area (Å²) >= 11 is 6.27. The molecule has 0 saturated heterocycles. The van der Waals surface area contributed by atoms with Crippen molar-refractivity contribution in [3.8, 4) is 5.75 Å². The standard InChI is InChI=1S/C17H20ClNO4/c1-9(2)19-10(3)11(5-8-14(20)21)17(22)15-12(18)6-7-13(23-4)16(15)19/h6-7,9H,5,8H2,1-4H3,(H,20,21). The van der Waals surface area contributed by atoms with Crippen LogP contribution in [0.1, 0.15) is 37.6 Å². The number of carbonyl (C=O) groups is 1. The molecule has 2 rings (SSSR count). The molecule has 0 radical (unpaired) electrons. The zero-order chi connectivity index (χ0) is 17.3. The summed E-state index contributed by atoms with van der Waals surface area (Å²) in [4.78, 5) is 23.8. The van der Waals surface area contributed by atoms with Crippen LogP contribution in [0.4, 0.5) is 0 Å². The minimum absolute atomic E-state index is 0.0639. The Bertz CT molecular complexity index is 824. The zero-order valence-corrected chi connectivity index (χ0v) is 14.4. The van der Waals surface area contributed by atoms with E-state index in [1.54, 1.807) is 19.2 Å². The van der Waals surface area contributed by atoms with Crippen LogP contribution in [0.25, 0.3) is 10.9 Å². The van der Waals surface area contributed by atoms with Crippen LogP contribution in [0, 0.1) is 6.92 Å². The van der Waals surface area contributed by atoms with Gasteiger partial charge >= 0.3 is 5.97 Å². The maximum Gasteiger partial charge on any atom is 0.303 e. The number of fused-ring (bicyclic) bond motifs is 1. The number of rotatable bonds is 5. The van der Waals surface area contributed by atoms with Gasteiger partial charge in [0, 0.05) is 23.7 Å². The van der Waals surface area contributed by atoms with Crippen LogP contribution in [0.3, 0.4) is 0 Å². The van der Waals surface area contributed by atoms with E-state index in [0.29, 0.717) is 27.2 Å². The van der Waals surface area contributed by atoms with Crippen LogP contribution < -0.4 is 10.2 Å². The molecule has 0 fully saturated rings.